The zero-order valence-electron chi connectivity index (χ0n) is 18.5. The van der Waals surface area contributed by atoms with Crippen LogP contribution in [-0.4, -0.2) is 59.8 Å². The predicted molar refractivity (Wildman–Crippen MR) is 129 cm³/mol. The number of hydrogen-bond acceptors (Lipinski definition) is 4. The number of aryl methyl sites for hydroxylation is 1. The Balaban J connectivity index is 2.06. The van der Waals surface area contributed by atoms with E-state index in [1.807, 2.05) is 36.4 Å². The van der Waals surface area contributed by atoms with Crippen molar-refractivity contribution < 1.29 is 0 Å². The Labute approximate surface area is 193 Å². The van der Waals surface area contributed by atoms with Crippen molar-refractivity contribution in [2.45, 2.75) is 19.5 Å². The fourth-order valence-corrected chi connectivity index (χ4v) is 4.47. The molecule has 1 aromatic heterocycles. The first-order valence-electron chi connectivity index (χ1n) is 10.3. The molecule has 1 unspecified atom stereocenters. The molecule has 0 spiro atoms. The van der Waals surface area contributed by atoms with Crippen LogP contribution in [0.1, 0.15) is 34.4 Å². The van der Waals surface area contributed by atoms with E-state index in [9.17, 15) is 0 Å². The molecule has 0 fully saturated rings. The molecule has 0 radical (unpaired) electrons. The standard InChI is InChI=1S/C24H27Cl2N5/c1-15-22(14-30(4)5)31-21-11-10-16(25)12-18(21)23(17-8-6-7-9-19(17)26)28-20(13-29(2)3)24(31)27-15/h6-12,20H,13-14H2,1-5H3. The van der Waals surface area contributed by atoms with E-state index in [0.717, 1.165) is 52.8 Å². The molecule has 31 heavy (non-hydrogen) atoms. The van der Waals surface area contributed by atoms with Crippen LogP contribution in [0.5, 0.6) is 0 Å². The summed E-state index contributed by atoms with van der Waals surface area (Å²) in [4.78, 5) is 14.5. The van der Waals surface area contributed by atoms with E-state index in [4.69, 9.17) is 33.2 Å². The molecular weight excluding hydrogens is 429 g/mol. The zero-order valence-corrected chi connectivity index (χ0v) is 20.0. The summed E-state index contributed by atoms with van der Waals surface area (Å²) in [6, 6.07) is 13.6. The van der Waals surface area contributed by atoms with Gasteiger partial charge in [-0.3, -0.25) is 9.56 Å². The molecule has 3 aromatic rings. The molecule has 7 heteroatoms. The van der Waals surface area contributed by atoms with Gasteiger partial charge in [-0.25, -0.2) is 4.98 Å². The molecule has 162 valence electrons. The Kier molecular flexibility index (Phi) is 6.22. The van der Waals surface area contributed by atoms with Crippen molar-refractivity contribution in [1.82, 2.24) is 19.4 Å². The maximum atomic E-state index is 6.63. The van der Waals surface area contributed by atoms with Crippen molar-refractivity contribution in [3.8, 4) is 5.69 Å². The van der Waals surface area contributed by atoms with E-state index in [0.29, 0.717) is 10.0 Å². The maximum Gasteiger partial charge on any atom is 0.140 e. The third-order valence-corrected chi connectivity index (χ3v) is 5.93. The van der Waals surface area contributed by atoms with Crippen LogP contribution in [-0.2, 0) is 6.54 Å². The van der Waals surface area contributed by atoms with E-state index in [1.54, 1.807) is 0 Å². The van der Waals surface area contributed by atoms with E-state index in [2.05, 4.69) is 55.5 Å². The summed E-state index contributed by atoms with van der Waals surface area (Å²) in [5, 5.41) is 1.33. The minimum atomic E-state index is -0.151. The van der Waals surface area contributed by atoms with Crippen molar-refractivity contribution in [1.29, 1.82) is 0 Å². The lowest BCUT2D eigenvalue weighted by atomic mass is 10.00. The van der Waals surface area contributed by atoms with Gasteiger partial charge in [-0.1, -0.05) is 41.4 Å². The number of aliphatic imine (C=N–C) groups is 1. The summed E-state index contributed by atoms with van der Waals surface area (Å²) >= 11 is 13.1. The van der Waals surface area contributed by atoms with Gasteiger partial charge in [-0.15, -0.1) is 0 Å². The maximum absolute atomic E-state index is 6.63. The fraction of sp³-hybridized carbons (Fsp3) is 0.333. The SMILES string of the molecule is Cc1nc2n(c1CN(C)C)-c1ccc(Cl)cc1C(c1ccccc1Cl)=NC2CN(C)C. The van der Waals surface area contributed by atoms with Crippen molar-refractivity contribution in [2.24, 2.45) is 4.99 Å². The summed E-state index contributed by atoms with van der Waals surface area (Å²) < 4.78 is 2.27. The number of fused-ring (bicyclic) bond motifs is 3. The molecule has 2 heterocycles. The predicted octanol–water partition coefficient (Wildman–Crippen LogP) is 5.00. The van der Waals surface area contributed by atoms with Crippen molar-refractivity contribution in [3.63, 3.8) is 0 Å². The number of likely N-dealkylation sites (N-methyl/N-ethyl adjacent to an activating group) is 1. The van der Waals surface area contributed by atoms with Gasteiger partial charge in [0.25, 0.3) is 0 Å². The molecule has 2 aromatic carbocycles. The van der Waals surface area contributed by atoms with Gasteiger partial charge in [-0.05, 0) is 59.4 Å². The largest absolute Gasteiger partial charge is 0.307 e. The van der Waals surface area contributed by atoms with Gasteiger partial charge < -0.3 is 9.80 Å². The van der Waals surface area contributed by atoms with Gasteiger partial charge in [0.2, 0.25) is 0 Å². The van der Waals surface area contributed by atoms with E-state index in [-0.39, 0.29) is 6.04 Å². The monoisotopic (exact) mass is 455 g/mol. The van der Waals surface area contributed by atoms with Gasteiger partial charge in [0, 0.05) is 34.3 Å². The highest BCUT2D eigenvalue weighted by Crippen LogP contribution is 2.35. The van der Waals surface area contributed by atoms with Crippen LogP contribution in [0.3, 0.4) is 0 Å². The lowest BCUT2D eigenvalue weighted by Crippen LogP contribution is -2.22. The normalized spacial score (nSPS) is 15.6. The number of hydrogen-bond donors (Lipinski definition) is 0. The zero-order chi connectivity index (χ0) is 22.3. The molecule has 0 bridgehead atoms. The lowest BCUT2D eigenvalue weighted by molar-refractivity contribution is 0.367. The average Bonchev–Trinajstić information content (AvgIpc) is 2.94. The van der Waals surface area contributed by atoms with Gasteiger partial charge in [-0.2, -0.15) is 0 Å². The summed E-state index contributed by atoms with van der Waals surface area (Å²) in [5.41, 5.74) is 5.90. The molecule has 0 saturated carbocycles. The molecular formula is C24H27Cl2N5. The molecule has 0 saturated heterocycles. The highest BCUT2D eigenvalue weighted by atomic mass is 35.5. The Morgan fingerprint density at radius 2 is 1.71 bits per heavy atom. The highest BCUT2D eigenvalue weighted by Gasteiger charge is 2.30. The summed E-state index contributed by atoms with van der Waals surface area (Å²) in [5.74, 6) is 0.939. The van der Waals surface area contributed by atoms with Crippen LogP contribution < -0.4 is 0 Å². The number of rotatable bonds is 5. The van der Waals surface area contributed by atoms with Gasteiger partial charge in [0.1, 0.15) is 11.9 Å². The first-order chi connectivity index (χ1) is 14.8. The number of benzene rings is 2. The molecule has 1 aliphatic heterocycles. The molecule has 0 amide bonds. The molecule has 5 nitrogen and oxygen atoms in total. The second-order valence-electron chi connectivity index (χ2n) is 8.47. The van der Waals surface area contributed by atoms with Gasteiger partial charge in [0.05, 0.1) is 22.8 Å². The van der Waals surface area contributed by atoms with Crippen molar-refractivity contribution >= 4 is 28.9 Å². The molecule has 0 N–H and O–H groups in total. The Hall–Kier alpha value is -2.18. The van der Waals surface area contributed by atoms with Crippen LogP contribution in [0.15, 0.2) is 47.5 Å². The molecule has 1 atom stereocenters. The van der Waals surface area contributed by atoms with Crippen molar-refractivity contribution in [3.05, 3.63) is 80.8 Å². The first kappa shape index (κ1) is 22.0. The van der Waals surface area contributed by atoms with Crippen molar-refractivity contribution in [2.75, 3.05) is 34.7 Å². The van der Waals surface area contributed by atoms with Crippen LogP contribution >= 0.6 is 23.2 Å². The van der Waals surface area contributed by atoms with Crippen LogP contribution in [0, 0.1) is 6.92 Å². The first-order valence-corrected chi connectivity index (χ1v) is 11.0. The molecule has 0 aliphatic carbocycles. The Bertz CT molecular complexity index is 1150. The van der Waals surface area contributed by atoms with E-state index in [1.165, 1.54) is 0 Å². The Morgan fingerprint density at radius 1 is 0.968 bits per heavy atom. The topological polar surface area (TPSA) is 36.7 Å². The second-order valence-corrected chi connectivity index (χ2v) is 9.32. The average molecular weight is 456 g/mol. The minimum absolute atomic E-state index is 0.151. The van der Waals surface area contributed by atoms with Crippen LogP contribution in [0.4, 0.5) is 0 Å². The highest BCUT2D eigenvalue weighted by molar-refractivity contribution is 6.36. The lowest BCUT2D eigenvalue weighted by Gasteiger charge is -2.19. The van der Waals surface area contributed by atoms with Gasteiger partial charge >= 0.3 is 0 Å². The Morgan fingerprint density at radius 3 is 2.39 bits per heavy atom. The number of halogens is 2. The summed E-state index contributed by atoms with van der Waals surface area (Å²) in [6.07, 6.45) is 0. The number of nitrogens with zero attached hydrogens (tertiary/aromatic N) is 5. The quantitative estimate of drug-likeness (QED) is 0.542. The number of aromatic nitrogens is 2. The smallest absolute Gasteiger partial charge is 0.140 e. The summed E-state index contributed by atoms with van der Waals surface area (Å²) in [6.45, 7) is 3.58. The minimum Gasteiger partial charge on any atom is -0.307 e. The van der Waals surface area contributed by atoms with E-state index < -0.39 is 0 Å². The fourth-order valence-electron chi connectivity index (χ4n) is 4.08. The van der Waals surface area contributed by atoms with Gasteiger partial charge in [0.15, 0.2) is 0 Å². The third kappa shape index (κ3) is 4.28. The second kappa shape index (κ2) is 8.75. The van der Waals surface area contributed by atoms with Crippen LogP contribution in [0.2, 0.25) is 10.0 Å². The molecule has 4 rings (SSSR count). The van der Waals surface area contributed by atoms with Crippen LogP contribution in [0.25, 0.3) is 5.69 Å². The van der Waals surface area contributed by atoms with E-state index >= 15 is 0 Å². The molecule has 1 aliphatic rings. The summed E-state index contributed by atoms with van der Waals surface area (Å²) in [7, 11) is 8.25. The number of imidazole rings is 1. The third-order valence-electron chi connectivity index (χ3n) is 5.37.